The Morgan fingerprint density at radius 3 is 2.58 bits per heavy atom. The van der Waals surface area contributed by atoms with E-state index in [9.17, 15) is 23.9 Å². The van der Waals surface area contributed by atoms with E-state index in [-0.39, 0.29) is 35.0 Å². The van der Waals surface area contributed by atoms with Crippen molar-refractivity contribution in [2.24, 2.45) is 0 Å². The smallest absolute Gasteiger partial charge is 0.305 e. The van der Waals surface area contributed by atoms with Gasteiger partial charge in [0.25, 0.3) is 5.91 Å². The second-order valence-electron chi connectivity index (χ2n) is 7.10. The molecule has 0 fully saturated rings. The van der Waals surface area contributed by atoms with Crippen LogP contribution in [0.2, 0.25) is 5.02 Å². The van der Waals surface area contributed by atoms with Crippen LogP contribution in [0.4, 0.5) is 4.39 Å². The summed E-state index contributed by atoms with van der Waals surface area (Å²) in [7, 11) is 0. The largest absolute Gasteiger partial charge is 0.505 e. The molecule has 0 saturated heterocycles. The van der Waals surface area contributed by atoms with Gasteiger partial charge in [-0.25, -0.2) is 4.39 Å². The number of phenolic OH excluding ortho intramolecular Hbond substituents is 1. The monoisotopic (exact) mass is 446 g/mol. The van der Waals surface area contributed by atoms with Gasteiger partial charge in [0, 0.05) is 28.2 Å². The minimum absolute atomic E-state index is 0.0474. The normalized spacial score (nSPS) is 12.0. The van der Waals surface area contributed by atoms with Gasteiger partial charge < -0.3 is 15.5 Å². The number of nitrogens with zero attached hydrogens (tertiary/aromatic N) is 1. The Bertz CT molecular complexity index is 1200. The minimum atomic E-state index is -1.07. The van der Waals surface area contributed by atoms with Crippen molar-refractivity contribution < 1.29 is 29.0 Å². The van der Waals surface area contributed by atoms with Crippen molar-refractivity contribution in [2.45, 2.75) is 26.2 Å². The van der Waals surface area contributed by atoms with Crippen LogP contribution >= 0.6 is 11.6 Å². The first-order valence-corrected chi connectivity index (χ1v) is 9.83. The zero-order chi connectivity index (χ0) is 22.9. The van der Waals surface area contributed by atoms with E-state index < -0.39 is 35.3 Å². The predicted octanol–water partition coefficient (Wildman–Crippen LogP) is 3.83. The highest BCUT2D eigenvalue weighted by Crippen LogP contribution is 2.37. The fourth-order valence-corrected chi connectivity index (χ4v) is 3.79. The van der Waals surface area contributed by atoms with Crippen molar-refractivity contribution in [3.05, 3.63) is 64.1 Å². The quantitative estimate of drug-likeness (QED) is 0.533. The molecule has 7 nitrogen and oxygen atoms in total. The van der Waals surface area contributed by atoms with Crippen LogP contribution in [0.1, 0.15) is 40.9 Å². The second-order valence-corrected chi connectivity index (χ2v) is 7.54. The third-order valence-electron chi connectivity index (χ3n) is 5.07. The van der Waals surface area contributed by atoms with E-state index in [1.54, 1.807) is 25.1 Å². The number of hydrogen-bond acceptors (Lipinski definition) is 4. The van der Waals surface area contributed by atoms with E-state index in [0.717, 1.165) is 6.07 Å². The van der Waals surface area contributed by atoms with Gasteiger partial charge in [0.05, 0.1) is 17.9 Å². The molecule has 0 saturated carbocycles. The number of benzene rings is 2. The standard InChI is InChI=1S/C22H20ClFN2O5/c1-11(21(30)25-9-8-17(28)29)18-12(2)26(15-6-7-16(27)20(24)19(15)18)22(31)13-4-3-5-14(23)10-13/h3-7,10-11,27H,8-9H2,1-2H3,(H,25,30)(H,28,29). The molecule has 162 valence electrons. The van der Waals surface area contributed by atoms with Crippen molar-refractivity contribution in [2.75, 3.05) is 6.54 Å². The summed E-state index contributed by atoms with van der Waals surface area (Å²) in [5.74, 6) is -4.54. The Labute approximate surface area is 182 Å². The van der Waals surface area contributed by atoms with E-state index in [0.29, 0.717) is 10.7 Å². The van der Waals surface area contributed by atoms with Gasteiger partial charge in [0.1, 0.15) is 0 Å². The fraction of sp³-hybridized carbons (Fsp3) is 0.227. The summed E-state index contributed by atoms with van der Waals surface area (Å²) in [4.78, 5) is 36.5. The maximum atomic E-state index is 15.0. The van der Waals surface area contributed by atoms with Crippen LogP contribution in [0, 0.1) is 12.7 Å². The molecule has 0 radical (unpaired) electrons. The van der Waals surface area contributed by atoms with Gasteiger partial charge in [-0.1, -0.05) is 17.7 Å². The number of phenols is 1. The average molecular weight is 447 g/mol. The Kier molecular flexibility index (Phi) is 6.31. The van der Waals surface area contributed by atoms with Gasteiger partial charge in [-0.3, -0.25) is 19.0 Å². The highest BCUT2D eigenvalue weighted by atomic mass is 35.5. The summed E-state index contributed by atoms with van der Waals surface area (Å²) in [6.07, 6.45) is -0.262. The van der Waals surface area contributed by atoms with E-state index >= 15 is 0 Å². The number of aliphatic carboxylic acids is 1. The van der Waals surface area contributed by atoms with E-state index in [1.807, 2.05) is 0 Å². The Hall–Kier alpha value is -3.39. The SMILES string of the molecule is Cc1c(C(C)C(=O)NCCC(=O)O)c2c(F)c(O)ccc2n1C(=O)c1cccc(Cl)c1. The Balaban J connectivity index is 2.15. The number of carboxylic acids is 1. The summed E-state index contributed by atoms with van der Waals surface area (Å²) in [6.45, 7) is 3.01. The molecule has 3 rings (SSSR count). The second kappa shape index (κ2) is 8.77. The number of aromatic nitrogens is 1. The molecular formula is C22H20ClFN2O5. The maximum Gasteiger partial charge on any atom is 0.305 e. The number of rotatable bonds is 6. The van der Waals surface area contributed by atoms with Crippen LogP contribution < -0.4 is 5.32 Å². The number of carbonyl (C=O) groups is 3. The van der Waals surface area contributed by atoms with E-state index in [2.05, 4.69) is 5.32 Å². The molecule has 1 amide bonds. The minimum Gasteiger partial charge on any atom is -0.505 e. The predicted molar refractivity (Wildman–Crippen MR) is 113 cm³/mol. The first-order valence-electron chi connectivity index (χ1n) is 9.45. The number of nitrogens with one attached hydrogen (secondary N) is 1. The van der Waals surface area contributed by atoms with Gasteiger partial charge in [-0.2, -0.15) is 0 Å². The lowest BCUT2D eigenvalue weighted by atomic mass is 9.96. The van der Waals surface area contributed by atoms with Crippen molar-refractivity contribution >= 4 is 40.3 Å². The molecule has 0 spiro atoms. The molecule has 1 heterocycles. The van der Waals surface area contributed by atoms with Crippen LogP contribution in [0.25, 0.3) is 10.9 Å². The number of halogens is 2. The lowest BCUT2D eigenvalue weighted by Gasteiger charge is -2.13. The number of carboxylic acid groups (broad SMARTS) is 1. The summed E-state index contributed by atoms with van der Waals surface area (Å²) in [5.41, 5.74) is 1.01. The Morgan fingerprint density at radius 1 is 1.23 bits per heavy atom. The Morgan fingerprint density at radius 2 is 1.94 bits per heavy atom. The summed E-state index contributed by atoms with van der Waals surface area (Å²) in [5, 5.41) is 21.5. The summed E-state index contributed by atoms with van der Waals surface area (Å²) in [6, 6.07) is 8.82. The molecule has 1 aromatic heterocycles. The molecule has 0 aliphatic rings. The van der Waals surface area contributed by atoms with Crippen LogP contribution in [0.15, 0.2) is 36.4 Å². The molecule has 0 aliphatic carbocycles. The first-order chi connectivity index (χ1) is 14.6. The third kappa shape index (κ3) is 4.25. The molecular weight excluding hydrogens is 427 g/mol. The number of amides is 1. The molecule has 1 unspecified atom stereocenters. The molecule has 2 aromatic carbocycles. The molecule has 3 N–H and O–H groups in total. The highest BCUT2D eigenvalue weighted by Gasteiger charge is 2.29. The molecule has 0 aliphatic heterocycles. The highest BCUT2D eigenvalue weighted by molar-refractivity contribution is 6.31. The maximum absolute atomic E-state index is 15.0. The van der Waals surface area contributed by atoms with Crippen LogP contribution in [0.3, 0.4) is 0 Å². The average Bonchev–Trinajstić information content (AvgIpc) is 3.01. The van der Waals surface area contributed by atoms with Crippen LogP contribution in [-0.2, 0) is 9.59 Å². The van der Waals surface area contributed by atoms with Crippen molar-refractivity contribution in [3.8, 4) is 5.75 Å². The fourth-order valence-electron chi connectivity index (χ4n) is 3.60. The van der Waals surface area contributed by atoms with Crippen LogP contribution in [-0.4, -0.2) is 39.1 Å². The number of hydrogen-bond donors (Lipinski definition) is 3. The van der Waals surface area contributed by atoms with Crippen molar-refractivity contribution in [3.63, 3.8) is 0 Å². The van der Waals surface area contributed by atoms with Gasteiger partial charge in [-0.15, -0.1) is 0 Å². The third-order valence-corrected chi connectivity index (χ3v) is 5.31. The zero-order valence-corrected chi connectivity index (χ0v) is 17.5. The summed E-state index contributed by atoms with van der Waals surface area (Å²) < 4.78 is 16.2. The van der Waals surface area contributed by atoms with E-state index in [4.69, 9.17) is 16.7 Å². The zero-order valence-electron chi connectivity index (χ0n) is 16.8. The molecule has 1 atom stereocenters. The molecule has 31 heavy (non-hydrogen) atoms. The van der Waals surface area contributed by atoms with Crippen molar-refractivity contribution in [1.82, 2.24) is 9.88 Å². The van der Waals surface area contributed by atoms with Gasteiger partial charge >= 0.3 is 5.97 Å². The lowest BCUT2D eigenvalue weighted by Crippen LogP contribution is -2.30. The van der Waals surface area contributed by atoms with Crippen molar-refractivity contribution in [1.29, 1.82) is 0 Å². The van der Waals surface area contributed by atoms with Gasteiger partial charge in [-0.05, 0) is 49.7 Å². The molecule has 0 bridgehead atoms. The summed E-state index contributed by atoms with van der Waals surface area (Å²) >= 11 is 6.00. The first kappa shape index (κ1) is 22.3. The number of carbonyl (C=O) groups excluding carboxylic acids is 2. The van der Waals surface area contributed by atoms with Gasteiger partial charge in [0.2, 0.25) is 5.91 Å². The topological polar surface area (TPSA) is 109 Å². The molecule has 3 aromatic rings. The molecule has 9 heteroatoms. The van der Waals surface area contributed by atoms with E-state index in [1.165, 1.54) is 23.6 Å². The van der Waals surface area contributed by atoms with Gasteiger partial charge in [0.15, 0.2) is 11.6 Å². The van der Waals surface area contributed by atoms with Crippen LogP contribution in [0.5, 0.6) is 5.75 Å². The number of aromatic hydroxyl groups is 1. The number of fused-ring (bicyclic) bond motifs is 1. The lowest BCUT2D eigenvalue weighted by molar-refractivity contribution is -0.136.